The molecule has 0 N–H and O–H groups in total. The van der Waals surface area contributed by atoms with Gasteiger partial charge in [-0.15, -0.1) is 0 Å². The molecule has 2 aromatic carbocycles. The van der Waals surface area contributed by atoms with E-state index in [0.29, 0.717) is 5.56 Å². The highest BCUT2D eigenvalue weighted by atomic mass is 14.4. The van der Waals surface area contributed by atoms with Crippen molar-refractivity contribution in [2.24, 2.45) is 0 Å². The molecule has 0 radical (unpaired) electrons. The minimum Gasteiger partial charge on any atom is -0.192 e. The van der Waals surface area contributed by atoms with Crippen LogP contribution in [0, 0.1) is 18.3 Å². The lowest BCUT2D eigenvalue weighted by atomic mass is 9.62. The van der Waals surface area contributed by atoms with E-state index in [1.165, 1.54) is 35.1 Å². The Labute approximate surface area is 152 Å². The molecule has 1 aliphatic rings. The van der Waals surface area contributed by atoms with Gasteiger partial charge >= 0.3 is 0 Å². The third-order valence-corrected chi connectivity index (χ3v) is 5.89. The summed E-state index contributed by atoms with van der Waals surface area (Å²) in [4.78, 5) is 0. The van der Waals surface area contributed by atoms with E-state index < -0.39 is 0 Å². The number of hydrogen-bond donors (Lipinski definition) is 0. The van der Waals surface area contributed by atoms with Gasteiger partial charge in [-0.1, -0.05) is 58.5 Å². The molecule has 0 bridgehead atoms. The van der Waals surface area contributed by atoms with E-state index in [-0.39, 0.29) is 10.8 Å². The van der Waals surface area contributed by atoms with Crippen molar-refractivity contribution in [1.29, 1.82) is 5.26 Å². The van der Waals surface area contributed by atoms with Crippen LogP contribution in [-0.4, -0.2) is 0 Å². The zero-order valence-corrected chi connectivity index (χ0v) is 16.0. The predicted octanol–water partition coefficient (Wildman–Crippen LogP) is 6.28. The number of nitriles is 1. The lowest BCUT2D eigenvalue weighted by Crippen LogP contribution is -2.34. The number of benzene rings is 2. The fourth-order valence-electron chi connectivity index (χ4n) is 3.95. The summed E-state index contributed by atoms with van der Waals surface area (Å²) in [5.41, 5.74) is 8.65. The molecular formula is C24H27N. The first-order chi connectivity index (χ1) is 11.7. The highest BCUT2D eigenvalue weighted by molar-refractivity contribution is 5.80. The van der Waals surface area contributed by atoms with Gasteiger partial charge in [0.2, 0.25) is 0 Å². The molecule has 2 aromatic rings. The molecule has 1 nitrogen and oxygen atoms in total. The van der Waals surface area contributed by atoms with Gasteiger partial charge in [-0.05, 0) is 76.1 Å². The fourth-order valence-corrected chi connectivity index (χ4v) is 3.95. The molecule has 0 atom stereocenters. The molecule has 1 aliphatic carbocycles. The third kappa shape index (κ3) is 3.02. The van der Waals surface area contributed by atoms with Crippen molar-refractivity contribution in [3.63, 3.8) is 0 Å². The van der Waals surface area contributed by atoms with Crippen LogP contribution < -0.4 is 0 Å². The zero-order chi connectivity index (χ0) is 18.4. The van der Waals surface area contributed by atoms with E-state index in [9.17, 15) is 0 Å². The molecule has 0 heterocycles. The van der Waals surface area contributed by atoms with Gasteiger partial charge in [-0.3, -0.25) is 0 Å². The van der Waals surface area contributed by atoms with Crippen LogP contribution in [0.1, 0.15) is 73.9 Å². The lowest BCUT2D eigenvalue weighted by Gasteiger charge is -2.42. The average Bonchev–Trinajstić information content (AvgIpc) is 2.58. The van der Waals surface area contributed by atoms with Crippen molar-refractivity contribution in [1.82, 2.24) is 0 Å². The van der Waals surface area contributed by atoms with Crippen LogP contribution >= 0.6 is 0 Å². The number of fused-ring (bicyclic) bond motifs is 1. The number of aryl methyl sites for hydroxylation is 1. The maximum Gasteiger partial charge on any atom is 0.0991 e. The quantitative estimate of drug-likeness (QED) is 0.636. The van der Waals surface area contributed by atoms with E-state index in [4.69, 9.17) is 5.26 Å². The van der Waals surface area contributed by atoms with Crippen molar-refractivity contribution in [3.8, 4) is 6.07 Å². The first kappa shape index (κ1) is 17.5. The summed E-state index contributed by atoms with van der Waals surface area (Å²) in [7, 11) is 0. The monoisotopic (exact) mass is 329 g/mol. The van der Waals surface area contributed by atoms with Crippen LogP contribution in [0.15, 0.2) is 43.0 Å². The van der Waals surface area contributed by atoms with Crippen LogP contribution in [-0.2, 0) is 10.8 Å². The summed E-state index contributed by atoms with van der Waals surface area (Å²) in [6, 6.07) is 14.6. The van der Waals surface area contributed by atoms with E-state index in [0.717, 1.165) is 11.1 Å². The lowest BCUT2D eigenvalue weighted by molar-refractivity contribution is 0.331. The molecular weight excluding hydrogens is 302 g/mol. The summed E-state index contributed by atoms with van der Waals surface area (Å²) in [6.45, 7) is 16.0. The highest BCUT2D eigenvalue weighted by Gasteiger charge is 2.37. The van der Waals surface area contributed by atoms with Gasteiger partial charge in [0.05, 0.1) is 11.6 Å². The largest absolute Gasteiger partial charge is 0.192 e. The Morgan fingerprint density at radius 3 is 2.00 bits per heavy atom. The summed E-state index contributed by atoms with van der Waals surface area (Å²) >= 11 is 0. The van der Waals surface area contributed by atoms with Crippen molar-refractivity contribution in [2.45, 2.75) is 58.3 Å². The van der Waals surface area contributed by atoms with Gasteiger partial charge in [0.15, 0.2) is 0 Å². The molecule has 128 valence electrons. The summed E-state index contributed by atoms with van der Waals surface area (Å²) in [5, 5.41) is 8.99. The minimum absolute atomic E-state index is 0.193. The first-order valence-electron chi connectivity index (χ1n) is 9.01. The van der Waals surface area contributed by atoms with E-state index >= 15 is 0 Å². The second kappa shape index (κ2) is 5.88. The van der Waals surface area contributed by atoms with Gasteiger partial charge in [0.1, 0.15) is 0 Å². The molecule has 1 heteroatoms. The SMILES string of the molecule is C=C(c1ccc(C#N)cc1)c1cc2c(cc1C)C(C)(C)CCC2(C)C. The summed E-state index contributed by atoms with van der Waals surface area (Å²) < 4.78 is 0. The molecule has 0 fully saturated rings. The van der Waals surface area contributed by atoms with Crippen molar-refractivity contribution < 1.29 is 0 Å². The van der Waals surface area contributed by atoms with Crippen LogP contribution in [0.25, 0.3) is 5.57 Å². The van der Waals surface area contributed by atoms with Crippen LogP contribution in [0.4, 0.5) is 0 Å². The maximum atomic E-state index is 8.99. The second-order valence-electron chi connectivity index (χ2n) is 8.65. The Hall–Kier alpha value is -2.33. The maximum absolute atomic E-state index is 8.99. The van der Waals surface area contributed by atoms with Crippen LogP contribution in [0.2, 0.25) is 0 Å². The molecule has 3 rings (SSSR count). The Bertz CT molecular complexity index is 874. The van der Waals surface area contributed by atoms with Gasteiger partial charge in [-0.25, -0.2) is 0 Å². The molecule has 0 unspecified atom stereocenters. The smallest absolute Gasteiger partial charge is 0.0991 e. The van der Waals surface area contributed by atoms with Crippen molar-refractivity contribution in [2.75, 3.05) is 0 Å². The summed E-state index contributed by atoms with van der Waals surface area (Å²) in [6.07, 6.45) is 2.43. The van der Waals surface area contributed by atoms with Crippen LogP contribution in [0.5, 0.6) is 0 Å². The van der Waals surface area contributed by atoms with E-state index in [1.807, 2.05) is 24.3 Å². The molecule has 0 amide bonds. The molecule has 0 saturated carbocycles. The van der Waals surface area contributed by atoms with Gasteiger partial charge in [0, 0.05) is 0 Å². The molecule has 0 aliphatic heterocycles. The Morgan fingerprint density at radius 1 is 0.960 bits per heavy atom. The van der Waals surface area contributed by atoms with Gasteiger partial charge in [0.25, 0.3) is 0 Å². The Morgan fingerprint density at radius 2 is 1.48 bits per heavy atom. The zero-order valence-electron chi connectivity index (χ0n) is 16.0. The standard InChI is InChI=1S/C24H27N/c1-16-13-21-22(24(5,6)12-11-23(21,3)4)14-20(16)17(2)19-9-7-18(15-25)8-10-19/h7-10,13-14H,2,11-12H2,1,3-6H3. The fraction of sp³-hybridized carbons (Fsp3) is 0.375. The minimum atomic E-state index is 0.193. The topological polar surface area (TPSA) is 23.8 Å². The second-order valence-corrected chi connectivity index (χ2v) is 8.65. The molecule has 0 saturated heterocycles. The molecule has 25 heavy (non-hydrogen) atoms. The Balaban J connectivity index is 2.12. The van der Waals surface area contributed by atoms with Gasteiger partial charge < -0.3 is 0 Å². The highest BCUT2D eigenvalue weighted by Crippen LogP contribution is 2.47. The molecule has 0 spiro atoms. The third-order valence-electron chi connectivity index (χ3n) is 5.89. The first-order valence-corrected chi connectivity index (χ1v) is 9.01. The Kier molecular flexibility index (Phi) is 4.12. The van der Waals surface area contributed by atoms with Crippen molar-refractivity contribution >= 4 is 5.57 Å². The molecule has 0 aromatic heterocycles. The number of hydrogen-bond acceptors (Lipinski definition) is 1. The van der Waals surface area contributed by atoms with Crippen molar-refractivity contribution in [3.05, 3.63) is 76.4 Å². The van der Waals surface area contributed by atoms with Crippen LogP contribution in [0.3, 0.4) is 0 Å². The van der Waals surface area contributed by atoms with E-state index in [1.54, 1.807) is 0 Å². The van der Waals surface area contributed by atoms with Gasteiger partial charge in [-0.2, -0.15) is 5.26 Å². The number of nitrogens with zero attached hydrogens (tertiary/aromatic N) is 1. The normalized spacial score (nSPS) is 17.4. The summed E-state index contributed by atoms with van der Waals surface area (Å²) in [5.74, 6) is 0. The number of rotatable bonds is 2. The van der Waals surface area contributed by atoms with E-state index in [2.05, 4.69) is 59.4 Å². The predicted molar refractivity (Wildman–Crippen MR) is 106 cm³/mol. The average molecular weight is 329 g/mol.